The molecule has 136 valence electrons. The van der Waals surface area contributed by atoms with Gasteiger partial charge in [-0.05, 0) is 47.3 Å². The zero-order chi connectivity index (χ0) is 17.9. The number of rotatable bonds is 5. The van der Waals surface area contributed by atoms with Crippen molar-refractivity contribution in [2.24, 2.45) is 0 Å². The molecule has 0 aliphatic carbocycles. The van der Waals surface area contributed by atoms with E-state index in [1.165, 1.54) is 12.1 Å². The molecular weight excluding hydrogens is 335 g/mol. The maximum Gasteiger partial charge on any atom is 0.173 e. The van der Waals surface area contributed by atoms with Crippen molar-refractivity contribution in [3.05, 3.63) is 65.6 Å². The number of piperazine rings is 1. The summed E-state index contributed by atoms with van der Waals surface area (Å²) in [4.78, 5) is 4.64. The highest BCUT2D eigenvalue weighted by Gasteiger charge is 2.30. The van der Waals surface area contributed by atoms with Crippen LogP contribution in [-0.2, 0) is 6.54 Å². The molecule has 3 heterocycles. The molecule has 4 rings (SSSR count). The molecule has 1 unspecified atom stereocenters. The van der Waals surface area contributed by atoms with Crippen molar-refractivity contribution in [1.82, 2.24) is 30.0 Å². The Balaban J connectivity index is 1.69. The lowest BCUT2D eigenvalue weighted by molar-refractivity contribution is 0.121. The summed E-state index contributed by atoms with van der Waals surface area (Å²) in [5.41, 5.74) is 0.978. The zero-order valence-electron chi connectivity index (χ0n) is 14.6. The van der Waals surface area contributed by atoms with Gasteiger partial charge >= 0.3 is 0 Å². The molecule has 0 saturated carbocycles. The first-order valence-electron chi connectivity index (χ1n) is 8.67. The predicted octanol–water partition coefficient (Wildman–Crippen LogP) is 1.79. The van der Waals surface area contributed by atoms with Crippen molar-refractivity contribution in [2.45, 2.75) is 12.6 Å². The Kier molecular flexibility index (Phi) is 4.77. The average Bonchev–Trinajstić information content (AvgIpc) is 3.32. The first kappa shape index (κ1) is 16.9. The number of hydrogen-bond donors (Lipinski definition) is 0. The smallest absolute Gasteiger partial charge is 0.173 e. The summed E-state index contributed by atoms with van der Waals surface area (Å²) in [5, 5.41) is 12.3. The highest BCUT2D eigenvalue weighted by atomic mass is 19.1. The molecule has 0 spiro atoms. The molecule has 0 N–H and O–H groups in total. The van der Waals surface area contributed by atoms with Gasteiger partial charge in [-0.3, -0.25) is 4.90 Å². The largest absolute Gasteiger partial charge is 0.467 e. The molecule has 7 nitrogen and oxygen atoms in total. The third-order valence-corrected chi connectivity index (χ3v) is 4.78. The molecule has 1 atom stereocenters. The van der Waals surface area contributed by atoms with Crippen LogP contribution in [0.15, 0.2) is 47.1 Å². The summed E-state index contributed by atoms with van der Waals surface area (Å²) in [7, 11) is 2.12. The van der Waals surface area contributed by atoms with Crippen molar-refractivity contribution in [1.29, 1.82) is 0 Å². The van der Waals surface area contributed by atoms with E-state index >= 15 is 0 Å². The second kappa shape index (κ2) is 7.35. The van der Waals surface area contributed by atoms with Crippen LogP contribution in [0.2, 0.25) is 0 Å². The van der Waals surface area contributed by atoms with E-state index in [1.807, 2.05) is 24.3 Å². The third-order valence-electron chi connectivity index (χ3n) is 4.78. The van der Waals surface area contributed by atoms with Crippen molar-refractivity contribution in [2.75, 3.05) is 33.2 Å². The van der Waals surface area contributed by atoms with E-state index in [9.17, 15) is 4.39 Å². The lowest BCUT2D eigenvalue weighted by Crippen LogP contribution is -2.46. The zero-order valence-corrected chi connectivity index (χ0v) is 14.6. The van der Waals surface area contributed by atoms with E-state index < -0.39 is 0 Å². The van der Waals surface area contributed by atoms with E-state index in [0.717, 1.165) is 43.3 Å². The molecule has 1 saturated heterocycles. The van der Waals surface area contributed by atoms with Crippen molar-refractivity contribution in [3.8, 4) is 0 Å². The average molecular weight is 356 g/mol. The van der Waals surface area contributed by atoms with Crippen LogP contribution in [0.25, 0.3) is 0 Å². The molecule has 0 bridgehead atoms. The Labute approximate surface area is 151 Å². The predicted molar refractivity (Wildman–Crippen MR) is 92.9 cm³/mol. The minimum Gasteiger partial charge on any atom is -0.467 e. The van der Waals surface area contributed by atoms with Gasteiger partial charge in [0.2, 0.25) is 0 Å². The standard InChI is InChI=1S/C18H21FN6O/c1-23-8-10-24(11-9-23)17(14-4-6-15(19)7-5-14)18-20-21-22-25(18)13-16-3-2-12-26-16/h2-7,12,17H,8-11,13H2,1H3. The van der Waals surface area contributed by atoms with Gasteiger partial charge in [0.25, 0.3) is 0 Å². The minimum atomic E-state index is -0.249. The highest BCUT2D eigenvalue weighted by molar-refractivity contribution is 5.25. The molecule has 3 aromatic rings. The van der Waals surface area contributed by atoms with Gasteiger partial charge < -0.3 is 9.32 Å². The van der Waals surface area contributed by atoms with Gasteiger partial charge in [0, 0.05) is 26.2 Å². The molecule has 1 aromatic carbocycles. The topological polar surface area (TPSA) is 63.2 Å². The highest BCUT2D eigenvalue weighted by Crippen LogP contribution is 2.28. The van der Waals surface area contributed by atoms with Crippen molar-refractivity contribution < 1.29 is 8.81 Å². The lowest BCUT2D eigenvalue weighted by atomic mass is 10.0. The van der Waals surface area contributed by atoms with E-state index in [2.05, 4.69) is 32.4 Å². The van der Waals surface area contributed by atoms with Crippen LogP contribution in [0, 0.1) is 5.82 Å². The summed E-state index contributed by atoms with van der Waals surface area (Å²) in [6.07, 6.45) is 1.64. The monoisotopic (exact) mass is 356 g/mol. The van der Waals surface area contributed by atoms with Crippen LogP contribution in [0.5, 0.6) is 0 Å². The summed E-state index contributed by atoms with van der Waals surface area (Å²) < 4.78 is 20.6. The summed E-state index contributed by atoms with van der Waals surface area (Å²) in [6.45, 7) is 4.19. The molecule has 1 aliphatic rings. The molecule has 0 amide bonds. The lowest BCUT2D eigenvalue weighted by Gasteiger charge is -2.37. The molecule has 0 radical (unpaired) electrons. The van der Waals surface area contributed by atoms with Gasteiger partial charge in [-0.15, -0.1) is 5.10 Å². The van der Waals surface area contributed by atoms with Gasteiger partial charge in [-0.25, -0.2) is 9.07 Å². The number of likely N-dealkylation sites (N-methyl/N-ethyl adjacent to an activating group) is 1. The van der Waals surface area contributed by atoms with Crippen LogP contribution in [-0.4, -0.2) is 63.2 Å². The molecule has 8 heteroatoms. The van der Waals surface area contributed by atoms with Gasteiger partial charge in [0.05, 0.1) is 12.3 Å². The molecule has 26 heavy (non-hydrogen) atoms. The Morgan fingerprint density at radius 3 is 2.58 bits per heavy atom. The summed E-state index contributed by atoms with van der Waals surface area (Å²) >= 11 is 0. The SMILES string of the molecule is CN1CCN(C(c2ccc(F)cc2)c2nnnn2Cc2ccco2)CC1. The quantitative estimate of drug-likeness (QED) is 0.695. The van der Waals surface area contributed by atoms with Gasteiger partial charge in [0.15, 0.2) is 5.82 Å². The molecule has 2 aromatic heterocycles. The normalized spacial score (nSPS) is 17.5. The van der Waals surface area contributed by atoms with E-state index in [-0.39, 0.29) is 11.9 Å². The number of tetrazole rings is 1. The number of halogens is 1. The Morgan fingerprint density at radius 2 is 1.88 bits per heavy atom. The van der Waals surface area contributed by atoms with Crippen molar-refractivity contribution in [3.63, 3.8) is 0 Å². The number of hydrogen-bond acceptors (Lipinski definition) is 6. The van der Waals surface area contributed by atoms with Crippen LogP contribution in [0.3, 0.4) is 0 Å². The van der Waals surface area contributed by atoms with Crippen LogP contribution < -0.4 is 0 Å². The van der Waals surface area contributed by atoms with Crippen molar-refractivity contribution >= 4 is 0 Å². The molecule has 1 fully saturated rings. The van der Waals surface area contributed by atoms with Gasteiger partial charge in [0.1, 0.15) is 18.1 Å². The number of nitrogens with zero attached hydrogens (tertiary/aromatic N) is 6. The van der Waals surface area contributed by atoms with Gasteiger partial charge in [-0.1, -0.05) is 12.1 Å². The fraction of sp³-hybridized carbons (Fsp3) is 0.389. The second-order valence-corrected chi connectivity index (χ2v) is 6.57. The number of furan rings is 1. The Hall–Kier alpha value is -2.58. The van der Waals surface area contributed by atoms with Gasteiger partial charge in [-0.2, -0.15) is 0 Å². The van der Waals surface area contributed by atoms with Crippen LogP contribution in [0.1, 0.15) is 23.2 Å². The van der Waals surface area contributed by atoms with Crippen LogP contribution >= 0.6 is 0 Å². The maximum absolute atomic E-state index is 13.4. The molecular formula is C18H21FN6O. The van der Waals surface area contributed by atoms with Crippen LogP contribution in [0.4, 0.5) is 4.39 Å². The Morgan fingerprint density at radius 1 is 1.12 bits per heavy atom. The first-order valence-corrected chi connectivity index (χ1v) is 8.67. The summed E-state index contributed by atoms with van der Waals surface area (Å²) in [5.74, 6) is 1.27. The number of benzene rings is 1. The number of aromatic nitrogens is 4. The Bertz CT molecular complexity index is 824. The maximum atomic E-state index is 13.4. The van der Waals surface area contributed by atoms with E-state index in [0.29, 0.717) is 6.54 Å². The third kappa shape index (κ3) is 3.51. The minimum absolute atomic E-state index is 0.130. The second-order valence-electron chi connectivity index (χ2n) is 6.57. The van der Waals surface area contributed by atoms with E-state index in [4.69, 9.17) is 4.42 Å². The first-order chi connectivity index (χ1) is 12.7. The molecule has 1 aliphatic heterocycles. The fourth-order valence-corrected chi connectivity index (χ4v) is 3.32. The fourth-order valence-electron chi connectivity index (χ4n) is 3.32. The summed E-state index contributed by atoms with van der Waals surface area (Å²) in [6, 6.07) is 10.2. The van der Waals surface area contributed by atoms with E-state index in [1.54, 1.807) is 10.9 Å².